The molecule has 1 aliphatic heterocycles. The van der Waals surface area contributed by atoms with Crippen LogP contribution >= 0.6 is 11.3 Å². The van der Waals surface area contributed by atoms with E-state index in [1.54, 1.807) is 18.6 Å². The van der Waals surface area contributed by atoms with Crippen LogP contribution in [0.3, 0.4) is 0 Å². The van der Waals surface area contributed by atoms with Crippen molar-refractivity contribution in [2.75, 3.05) is 14.2 Å². The number of fused-ring (bicyclic) bond motifs is 1. The molecule has 4 aromatic rings. The van der Waals surface area contributed by atoms with Crippen molar-refractivity contribution < 1.29 is 19.0 Å². The van der Waals surface area contributed by atoms with E-state index in [9.17, 15) is 9.59 Å². The number of allylic oxidation sites excluding steroid dienone is 1. The Balaban J connectivity index is 1.57. The van der Waals surface area contributed by atoms with E-state index in [1.165, 1.54) is 18.4 Å². The van der Waals surface area contributed by atoms with Crippen LogP contribution in [0.25, 0.3) is 6.08 Å². The number of carbonyl (C=O) groups is 1. The van der Waals surface area contributed by atoms with Crippen molar-refractivity contribution in [2.45, 2.75) is 33.4 Å². The van der Waals surface area contributed by atoms with E-state index >= 15 is 0 Å². The van der Waals surface area contributed by atoms with E-state index < -0.39 is 12.0 Å². The third-order valence-corrected chi connectivity index (χ3v) is 8.07. The highest BCUT2D eigenvalue weighted by atomic mass is 32.1. The third-order valence-electron chi connectivity index (χ3n) is 7.08. The molecule has 0 aliphatic carbocycles. The second-order valence-electron chi connectivity index (χ2n) is 9.54. The van der Waals surface area contributed by atoms with Gasteiger partial charge in [0.25, 0.3) is 5.56 Å². The summed E-state index contributed by atoms with van der Waals surface area (Å²) in [6.45, 7) is 6.17. The molecule has 0 amide bonds. The standard InChI is InChI=1S/C32H30N2O5S/c1-19-10-9-13-25(20(19)2)39-18-24-16-22(14-15-26(24)37-4)17-27-30(35)34-29(23-11-7-6-8-12-23)28(31(36)38-5)21(3)33-32(34)40-27/h6-17,29H,18H2,1-5H3/b27-17-. The summed E-state index contributed by atoms with van der Waals surface area (Å²) in [6.07, 6.45) is 1.84. The SMILES string of the molecule is COC(=O)C1=C(C)N=c2s/c(=C\c3ccc(OC)c(COc4cccc(C)c4C)c3)c(=O)n2C1c1ccccc1. The molecule has 204 valence electrons. The van der Waals surface area contributed by atoms with Gasteiger partial charge in [-0.3, -0.25) is 9.36 Å². The average Bonchev–Trinajstić information content (AvgIpc) is 3.27. The highest BCUT2D eigenvalue weighted by Crippen LogP contribution is 2.30. The number of aryl methyl sites for hydroxylation is 1. The van der Waals surface area contributed by atoms with Gasteiger partial charge in [0.15, 0.2) is 4.80 Å². The normalized spacial score (nSPS) is 14.9. The molecule has 0 radical (unpaired) electrons. The summed E-state index contributed by atoms with van der Waals surface area (Å²) in [6, 6.07) is 20.5. The van der Waals surface area contributed by atoms with Gasteiger partial charge in [-0.25, -0.2) is 9.79 Å². The van der Waals surface area contributed by atoms with Crippen LogP contribution in [0.2, 0.25) is 0 Å². The quantitative estimate of drug-likeness (QED) is 0.312. The van der Waals surface area contributed by atoms with Gasteiger partial charge in [0.2, 0.25) is 0 Å². The van der Waals surface area contributed by atoms with Gasteiger partial charge in [0, 0.05) is 5.56 Å². The van der Waals surface area contributed by atoms with Crippen LogP contribution < -0.4 is 24.4 Å². The Labute approximate surface area is 236 Å². The Morgan fingerprint density at radius 2 is 1.77 bits per heavy atom. The Bertz CT molecular complexity index is 1800. The molecule has 5 rings (SSSR count). The average molecular weight is 555 g/mol. The van der Waals surface area contributed by atoms with E-state index in [4.69, 9.17) is 14.2 Å². The number of methoxy groups -OCH3 is 2. The maximum absolute atomic E-state index is 13.8. The summed E-state index contributed by atoms with van der Waals surface area (Å²) in [5, 5.41) is 0. The van der Waals surface area contributed by atoms with Crippen molar-refractivity contribution in [3.63, 3.8) is 0 Å². The number of hydrogen-bond acceptors (Lipinski definition) is 7. The molecular weight excluding hydrogens is 524 g/mol. The summed E-state index contributed by atoms with van der Waals surface area (Å²) >= 11 is 1.29. The van der Waals surface area contributed by atoms with Gasteiger partial charge in [-0.2, -0.15) is 0 Å². The topological polar surface area (TPSA) is 79.1 Å². The number of ether oxygens (including phenoxy) is 3. The number of aromatic nitrogens is 1. The predicted octanol–water partition coefficient (Wildman–Crippen LogP) is 4.61. The van der Waals surface area contributed by atoms with Gasteiger partial charge in [-0.15, -0.1) is 0 Å². The van der Waals surface area contributed by atoms with Crippen molar-refractivity contribution in [3.8, 4) is 11.5 Å². The van der Waals surface area contributed by atoms with Gasteiger partial charge in [-0.05, 0) is 67.3 Å². The maximum Gasteiger partial charge on any atom is 0.338 e. The molecule has 7 nitrogen and oxygen atoms in total. The highest BCUT2D eigenvalue weighted by molar-refractivity contribution is 7.07. The van der Waals surface area contributed by atoms with E-state index in [0.717, 1.165) is 33.6 Å². The van der Waals surface area contributed by atoms with Gasteiger partial charge in [0.1, 0.15) is 18.1 Å². The zero-order valence-electron chi connectivity index (χ0n) is 23.1. The minimum absolute atomic E-state index is 0.226. The van der Waals surface area contributed by atoms with E-state index in [-0.39, 0.29) is 5.56 Å². The molecule has 1 unspecified atom stereocenters. The van der Waals surface area contributed by atoms with Gasteiger partial charge in [-0.1, -0.05) is 59.9 Å². The Morgan fingerprint density at radius 1 is 1.00 bits per heavy atom. The molecule has 0 bridgehead atoms. The molecule has 40 heavy (non-hydrogen) atoms. The number of thiazole rings is 1. The smallest absolute Gasteiger partial charge is 0.338 e. The van der Waals surface area contributed by atoms with Crippen LogP contribution in [0.1, 0.15) is 40.8 Å². The first-order valence-corrected chi connectivity index (χ1v) is 13.7. The summed E-state index contributed by atoms with van der Waals surface area (Å²) in [5.74, 6) is 1.01. The van der Waals surface area contributed by atoms with Crippen LogP contribution in [0.4, 0.5) is 0 Å². The first-order chi connectivity index (χ1) is 19.3. The van der Waals surface area contributed by atoms with Gasteiger partial charge in [0.05, 0.1) is 36.1 Å². The summed E-state index contributed by atoms with van der Waals surface area (Å²) < 4.78 is 18.9. The molecule has 0 saturated carbocycles. The molecule has 1 aliphatic rings. The second kappa shape index (κ2) is 11.4. The summed E-state index contributed by atoms with van der Waals surface area (Å²) in [4.78, 5) is 31.8. The molecule has 0 N–H and O–H groups in total. The Kier molecular flexibility index (Phi) is 7.71. The van der Waals surface area contributed by atoms with Crippen LogP contribution in [0, 0.1) is 13.8 Å². The van der Waals surface area contributed by atoms with Crippen molar-refractivity contribution >= 4 is 23.4 Å². The third kappa shape index (κ3) is 5.10. The van der Waals surface area contributed by atoms with E-state index in [1.807, 2.05) is 73.7 Å². The van der Waals surface area contributed by atoms with Crippen molar-refractivity contribution in [1.29, 1.82) is 0 Å². The lowest BCUT2D eigenvalue weighted by Crippen LogP contribution is -2.39. The fourth-order valence-electron chi connectivity index (χ4n) is 4.83. The van der Waals surface area contributed by atoms with E-state index in [0.29, 0.717) is 33.0 Å². The fraction of sp³-hybridized carbons (Fsp3) is 0.219. The maximum atomic E-state index is 13.8. The molecule has 0 fully saturated rings. The zero-order chi connectivity index (χ0) is 28.4. The number of nitrogens with zero attached hydrogens (tertiary/aromatic N) is 2. The number of esters is 1. The highest BCUT2D eigenvalue weighted by Gasteiger charge is 2.32. The second-order valence-corrected chi connectivity index (χ2v) is 10.6. The molecule has 0 saturated heterocycles. The monoisotopic (exact) mass is 554 g/mol. The largest absolute Gasteiger partial charge is 0.496 e. The van der Waals surface area contributed by atoms with Crippen molar-refractivity contribution in [1.82, 2.24) is 4.57 Å². The van der Waals surface area contributed by atoms with Crippen LogP contribution in [0.5, 0.6) is 11.5 Å². The summed E-state index contributed by atoms with van der Waals surface area (Å²) in [5.41, 5.74) is 5.39. The van der Waals surface area contributed by atoms with Crippen molar-refractivity contribution in [2.24, 2.45) is 4.99 Å². The lowest BCUT2D eigenvalue weighted by atomic mass is 9.96. The number of benzene rings is 3. The predicted molar refractivity (Wildman–Crippen MR) is 155 cm³/mol. The molecule has 0 spiro atoms. The molecule has 3 aromatic carbocycles. The van der Waals surface area contributed by atoms with Gasteiger partial charge >= 0.3 is 5.97 Å². The first kappa shape index (κ1) is 27.1. The van der Waals surface area contributed by atoms with E-state index in [2.05, 4.69) is 18.0 Å². The Morgan fingerprint density at radius 3 is 2.50 bits per heavy atom. The lowest BCUT2D eigenvalue weighted by Gasteiger charge is -2.24. The van der Waals surface area contributed by atoms with Crippen LogP contribution in [-0.4, -0.2) is 24.8 Å². The molecule has 1 aromatic heterocycles. The fourth-order valence-corrected chi connectivity index (χ4v) is 5.88. The zero-order valence-corrected chi connectivity index (χ0v) is 23.9. The lowest BCUT2D eigenvalue weighted by molar-refractivity contribution is -0.136. The Hall–Kier alpha value is -4.43. The number of hydrogen-bond donors (Lipinski definition) is 0. The minimum atomic E-state index is -0.635. The number of rotatable bonds is 7. The molecule has 8 heteroatoms. The van der Waals surface area contributed by atoms with Crippen molar-refractivity contribution in [3.05, 3.63) is 126 Å². The van der Waals surface area contributed by atoms with Crippen LogP contribution in [-0.2, 0) is 16.1 Å². The number of carbonyl (C=O) groups excluding carboxylic acids is 1. The molecular formula is C32H30N2O5S. The first-order valence-electron chi connectivity index (χ1n) is 12.8. The molecule has 1 atom stereocenters. The summed E-state index contributed by atoms with van der Waals surface area (Å²) in [7, 11) is 2.96. The van der Waals surface area contributed by atoms with Gasteiger partial charge < -0.3 is 14.2 Å². The molecule has 2 heterocycles. The minimum Gasteiger partial charge on any atom is -0.496 e. The van der Waals surface area contributed by atoms with Crippen LogP contribution in [0.15, 0.2) is 87.8 Å².